The first-order chi connectivity index (χ1) is 15.0. The number of nitrogens with one attached hydrogen (secondary N) is 2. The average molecular weight is 418 g/mol. The van der Waals surface area contributed by atoms with Gasteiger partial charge in [-0.05, 0) is 53.1 Å². The average Bonchev–Trinajstić information content (AvgIpc) is 3.32. The van der Waals surface area contributed by atoms with E-state index in [0.717, 1.165) is 24.0 Å². The number of nitrogens with two attached hydrogens (primary N) is 1. The van der Waals surface area contributed by atoms with Crippen LogP contribution in [0.4, 0.5) is 0 Å². The Morgan fingerprint density at radius 2 is 1.81 bits per heavy atom. The maximum atomic E-state index is 12.8. The van der Waals surface area contributed by atoms with Gasteiger partial charge in [0.15, 0.2) is 0 Å². The summed E-state index contributed by atoms with van der Waals surface area (Å²) >= 11 is 0. The number of fused-ring (bicyclic) bond motifs is 2. The van der Waals surface area contributed by atoms with E-state index >= 15 is 0 Å². The van der Waals surface area contributed by atoms with Gasteiger partial charge >= 0.3 is 0 Å². The van der Waals surface area contributed by atoms with Crippen molar-refractivity contribution in [2.24, 2.45) is 5.73 Å². The number of benzene rings is 2. The minimum atomic E-state index is -0.576. The second-order valence-electron chi connectivity index (χ2n) is 8.60. The summed E-state index contributed by atoms with van der Waals surface area (Å²) in [6.07, 6.45) is 2.77. The number of rotatable bonds is 5. The van der Waals surface area contributed by atoms with Crippen LogP contribution in [0.1, 0.15) is 63.5 Å². The van der Waals surface area contributed by atoms with Gasteiger partial charge in [0, 0.05) is 37.7 Å². The number of imide groups is 1. The molecule has 31 heavy (non-hydrogen) atoms. The van der Waals surface area contributed by atoms with E-state index in [2.05, 4.69) is 34.9 Å². The maximum Gasteiger partial charge on any atom is 0.255 e. The topological polar surface area (TPSA) is 105 Å². The number of carbonyl (C=O) groups is 3. The molecular weight excluding hydrogens is 392 g/mol. The number of nitrogens with zero attached hydrogens (tertiary/aromatic N) is 1. The van der Waals surface area contributed by atoms with E-state index in [9.17, 15) is 14.4 Å². The summed E-state index contributed by atoms with van der Waals surface area (Å²) in [6, 6.07) is 12.1. The molecule has 7 nitrogen and oxygen atoms in total. The van der Waals surface area contributed by atoms with Crippen molar-refractivity contribution in [3.05, 3.63) is 69.8 Å². The molecule has 0 radical (unpaired) electrons. The molecule has 0 saturated carbocycles. The molecule has 0 aromatic heterocycles. The van der Waals surface area contributed by atoms with Crippen molar-refractivity contribution < 1.29 is 14.4 Å². The lowest BCUT2D eigenvalue weighted by atomic mass is 10.0. The molecule has 2 heterocycles. The van der Waals surface area contributed by atoms with E-state index in [1.54, 1.807) is 4.90 Å². The lowest BCUT2D eigenvalue weighted by Gasteiger charge is -2.29. The molecule has 1 saturated heterocycles. The van der Waals surface area contributed by atoms with Crippen LogP contribution in [0.3, 0.4) is 0 Å². The molecule has 7 heteroatoms. The number of hydrogen-bond acceptors (Lipinski definition) is 5. The second-order valence-corrected chi connectivity index (χ2v) is 8.60. The molecule has 2 atom stereocenters. The van der Waals surface area contributed by atoms with Crippen LogP contribution in [0.5, 0.6) is 0 Å². The number of carbonyl (C=O) groups excluding carboxylic acids is 3. The monoisotopic (exact) mass is 418 g/mol. The molecule has 2 unspecified atom stereocenters. The first kappa shape index (κ1) is 19.9. The van der Waals surface area contributed by atoms with E-state index < -0.39 is 6.04 Å². The van der Waals surface area contributed by atoms with Gasteiger partial charge in [0.2, 0.25) is 11.8 Å². The van der Waals surface area contributed by atoms with Gasteiger partial charge in [0.05, 0.1) is 0 Å². The van der Waals surface area contributed by atoms with Crippen molar-refractivity contribution in [3.8, 4) is 0 Å². The Bertz CT molecular complexity index is 1080. The molecule has 2 aliphatic heterocycles. The Morgan fingerprint density at radius 3 is 2.61 bits per heavy atom. The van der Waals surface area contributed by atoms with Crippen LogP contribution >= 0.6 is 0 Å². The number of hydrogen-bond donors (Lipinski definition) is 3. The predicted molar refractivity (Wildman–Crippen MR) is 115 cm³/mol. The first-order valence-electron chi connectivity index (χ1n) is 10.8. The van der Waals surface area contributed by atoms with Crippen LogP contribution < -0.4 is 16.4 Å². The maximum absolute atomic E-state index is 12.8. The Morgan fingerprint density at radius 1 is 1.00 bits per heavy atom. The Hall–Kier alpha value is -3.03. The van der Waals surface area contributed by atoms with Crippen molar-refractivity contribution in [1.82, 2.24) is 15.5 Å². The van der Waals surface area contributed by atoms with Crippen LogP contribution in [0.15, 0.2) is 36.4 Å². The van der Waals surface area contributed by atoms with Crippen LogP contribution in [0.2, 0.25) is 0 Å². The fraction of sp³-hybridized carbons (Fsp3) is 0.375. The highest BCUT2D eigenvalue weighted by Gasteiger charge is 2.39. The van der Waals surface area contributed by atoms with Crippen LogP contribution in [-0.4, -0.2) is 28.7 Å². The molecule has 0 bridgehead atoms. The van der Waals surface area contributed by atoms with Crippen molar-refractivity contribution in [2.75, 3.05) is 0 Å². The summed E-state index contributed by atoms with van der Waals surface area (Å²) in [7, 11) is 0. The third-order valence-corrected chi connectivity index (χ3v) is 6.66. The molecule has 1 aliphatic carbocycles. The third-order valence-electron chi connectivity index (χ3n) is 6.66. The van der Waals surface area contributed by atoms with Gasteiger partial charge in [-0.2, -0.15) is 0 Å². The van der Waals surface area contributed by atoms with E-state index in [4.69, 9.17) is 5.73 Å². The predicted octanol–water partition coefficient (Wildman–Crippen LogP) is 1.68. The summed E-state index contributed by atoms with van der Waals surface area (Å²) < 4.78 is 0. The van der Waals surface area contributed by atoms with Crippen LogP contribution in [0, 0.1) is 0 Å². The third kappa shape index (κ3) is 3.64. The molecule has 1 fully saturated rings. The molecular formula is C24H26N4O3. The summed E-state index contributed by atoms with van der Waals surface area (Å²) in [5, 5.41) is 5.99. The minimum absolute atomic E-state index is 0.135. The minimum Gasteiger partial charge on any atom is -0.326 e. The van der Waals surface area contributed by atoms with Crippen molar-refractivity contribution >= 4 is 17.7 Å². The molecule has 5 rings (SSSR count). The zero-order chi connectivity index (χ0) is 21.5. The molecule has 0 spiro atoms. The Kier molecular flexibility index (Phi) is 5.08. The van der Waals surface area contributed by atoms with Gasteiger partial charge in [-0.25, -0.2) is 0 Å². The Labute approximate surface area is 181 Å². The van der Waals surface area contributed by atoms with Crippen LogP contribution in [-0.2, 0) is 35.6 Å². The molecule has 4 N–H and O–H groups in total. The zero-order valence-corrected chi connectivity index (χ0v) is 17.3. The van der Waals surface area contributed by atoms with Crippen LogP contribution in [0.25, 0.3) is 0 Å². The number of amides is 3. The SMILES string of the molecule is NCc1ccc2c(c1)CCC2NCc1ccc2c(c1)CN(C1CCC(=O)NC1=O)C2=O. The fourth-order valence-electron chi connectivity index (χ4n) is 4.99. The zero-order valence-electron chi connectivity index (χ0n) is 17.3. The lowest BCUT2D eigenvalue weighted by Crippen LogP contribution is -2.52. The molecule has 2 aromatic carbocycles. The van der Waals surface area contributed by atoms with Gasteiger partial charge in [0.25, 0.3) is 5.91 Å². The van der Waals surface area contributed by atoms with Gasteiger partial charge in [0.1, 0.15) is 6.04 Å². The summed E-state index contributed by atoms with van der Waals surface area (Å²) in [4.78, 5) is 38.0. The standard InChI is InChI=1S/C24H26N4O3/c25-11-14-1-4-18-16(9-14)3-6-20(18)26-12-15-2-5-19-17(10-15)13-28(24(19)31)21-7-8-22(29)27-23(21)30/h1-2,4-5,9-10,20-21,26H,3,6-8,11-13,25H2,(H,27,29,30). The molecule has 3 aliphatic rings. The van der Waals surface area contributed by atoms with Gasteiger partial charge < -0.3 is 16.0 Å². The summed E-state index contributed by atoms with van der Waals surface area (Å²) in [5.74, 6) is -0.784. The highest BCUT2D eigenvalue weighted by molar-refractivity contribution is 6.05. The highest BCUT2D eigenvalue weighted by atomic mass is 16.2. The largest absolute Gasteiger partial charge is 0.326 e. The van der Waals surface area contributed by atoms with E-state index in [0.29, 0.717) is 37.7 Å². The van der Waals surface area contributed by atoms with Gasteiger partial charge in [-0.1, -0.05) is 30.3 Å². The molecule has 160 valence electrons. The van der Waals surface area contributed by atoms with Crippen molar-refractivity contribution in [1.29, 1.82) is 0 Å². The van der Waals surface area contributed by atoms with E-state index in [1.807, 2.05) is 12.1 Å². The lowest BCUT2D eigenvalue weighted by molar-refractivity contribution is -0.136. The first-order valence-corrected chi connectivity index (χ1v) is 10.8. The molecule has 2 aromatic rings. The van der Waals surface area contributed by atoms with Crippen molar-refractivity contribution in [3.63, 3.8) is 0 Å². The fourth-order valence-corrected chi connectivity index (χ4v) is 4.99. The van der Waals surface area contributed by atoms with E-state index in [1.165, 1.54) is 16.7 Å². The highest BCUT2D eigenvalue weighted by Crippen LogP contribution is 2.32. The van der Waals surface area contributed by atoms with E-state index in [-0.39, 0.29) is 24.1 Å². The summed E-state index contributed by atoms with van der Waals surface area (Å²) in [5.41, 5.74) is 12.3. The number of aryl methyl sites for hydroxylation is 1. The summed E-state index contributed by atoms with van der Waals surface area (Å²) in [6.45, 7) is 1.68. The Balaban J connectivity index is 1.26. The van der Waals surface area contributed by atoms with Crippen molar-refractivity contribution in [2.45, 2.75) is 57.4 Å². The quantitative estimate of drug-likeness (QED) is 0.641. The molecule has 3 amide bonds. The second kappa shape index (κ2) is 7.90. The smallest absolute Gasteiger partial charge is 0.255 e. The van der Waals surface area contributed by atoms with Gasteiger partial charge in [-0.3, -0.25) is 19.7 Å². The number of piperidine rings is 1. The van der Waals surface area contributed by atoms with Gasteiger partial charge in [-0.15, -0.1) is 0 Å². The normalized spacial score (nSPS) is 22.5.